The van der Waals surface area contributed by atoms with Crippen molar-refractivity contribution in [2.24, 2.45) is 0 Å². The second-order valence-corrected chi connectivity index (χ2v) is 8.74. The smallest absolute Gasteiger partial charge is 0.225 e. The minimum absolute atomic E-state index is 0.318. The maximum atomic E-state index is 6.17. The van der Waals surface area contributed by atoms with Crippen LogP contribution < -0.4 is 14.4 Å². The molecule has 1 fully saturated rings. The van der Waals surface area contributed by atoms with Crippen molar-refractivity contribution in [1.29, 1.82) is 0 Å². The zero-order valence-electron chi connectivity index (χ0n) is 20.4. The first-order valence-electron chi connectivity index (χ1n) is 12.2. The van der Waals surface area contributed by atoms with Gasteiger partial charge in [0, 0.05) is 49.8 Å². The number of hydrogen-bond donors (Lipinski definition) is 0. The number of benzene rings is 2. The Kier molecular flexibility index (Phi) is 7.68. The summed E-state index contributed by atoms with van der Waals surface area (Å²) in [6, 6.07) is 23.9. The Labute approximate surface area is 211 Å². The van der Waals surface area contributed by atoms with Gasteiger partial charge < -0.3 is 19.1 Å². The van der Waals surface area contributed by atoms with E-state index in [-0.39, 0.29) is 0 Å². The molecule has 0 spiro atoms. The van der Waals surface area contributed by atoms with Crippen molar-refractivity contribution in [3.05, 3.63) is 96.3 Å². The molecule has 0 saturated carbocycles. The Bertz CT molecular complexity index is 1230. The molecule has 0 bridgehead atoms. The minimum Gasteiger partial charge on any atom is -0.473 e. The van der Waals surface area contributed by atoms with Gasteiger partial charge >= 0.3 is 0 Å². The molecule has 184 valence electrons. The first-order valence-corrected chi connectivity index (χ1v) is 12.2. The van der Waals surface area contributed by atoms with Gasteiger partial charge in [-0.15, -0.1) is 0 Å². The van der Waals surface area contributed by atoms with Gasteiger partial charge in [0.05, 0.1) is 6.10 Å². The Balaban J connectivity index is 1.35. The normalized spacial score (nSPS) is 14.0. The molecule has 36 heavy (non-hydrogen) atoms. The van der Waals surface area contributed by atoms with Crippen LogP contribution in [0.25, 0.3) is 11.1 Å². The van der Waals surface area contributed by atoms with Gasteiger partial charge in [-0.05, 0) is 30.0 Å². The van der Waals surface area contributed by atoms with Crippen LogP contribution in [-0.2, 0) is 18.0 Å². The molecule has 5 rings (SSSR count). The maximum Gasteiger partial charge on any atom is 0.225 e. The molecule has 0 unspecified atom stereocenters. The summed E-state index contributed by atoms with van der Waals surface area (Å²) in [5.41, 5.74) is 3.80. The number of piperidine rings is 1. The van der Waals surface area contributed by atoms with Crippen LogP contribution in [0.4, 0.5) is 5.95 Å². The van der Waals surface area contributed by atoms with Gasteiger partial charge in [-0.3, -0.25) is 0 Å². The number of ether oxygens (including phenoxy) is 3. The molecule has 0 aliphatic carbocycles. The summed E-state index contributed by atoms with van der Waals surface area (Å²) in [7, 11) is 1.77. The molecule has 1 aliphatic rings. The fraction of sp³-hybridized carbons (Fsp3) is 0.276. The van der Waals surface area contributed by atoms with Crippen molar-refractivity contribution >= 4 is 5.95 Å². The zero-order valence-corrected chi connectivity index (χ0v) is 20.4. The van der Waals surface area contributed by atoms with Gasteiger partial charge in [-0.25, -0.2) is 9.97 Å². The van der Waals surface area contributed by atoms with Crippen LogP contribution in [0, 0.1) is 0 Å². The molecule has 1 saturated heterocycles. The van der Waals surface area contributed by atoms with Crippen molar-refractivity contribution in [3.63, 3.8) is 0 Å². The van der Waals surface area contributed by atoms with E-state index in [1.165, 1.54) is 0 Å². The molecule has 7 nitrogen and oxygen atoms in total. The number of aromatic nitrogens is 3. The van der Waals surface area contributed by atoms with Crippen molar-refractivity contribution < 1.29 is 14.2 Å². The predicted molar refractivity (Wildman–Crippen MR) is 139 cm³/mol. The molecule has 0 radical (unpaired) electrons. The number of methoxy groups -OCH3 is 1. The molecular weight excluding hydrogens is 452 g/mol. The van der Waals surface area contributed by atoms with E-state index in [1.807, 2.05) is 85.2 Å². The second-order valence-electron chi connectivity index (χ2n) is 8.74. The maximum absolute atomic E-state index is 6.17. The highest BCUT2D eigenvalue weighted by Gasteiger charge is 2.21. The van der Waals surface area contributed by atoms with E-state index < -0.39 is 0 Å². The fourth-order valence-electron chi connectivity index (χ4n) is 4.21. The predicted octanol–water partition coefficient (Wildman–Crippen LogP) is 5.31. The lowest BCUT2D eigenvalue weighted by Gasteiger charge is -2.31. The standard InChI is InChI=1S/C29H30N4O3/c1-34-25-14-16-33(17-15-25)29-30-18-24(19-31-29)26-12-13-27(35-20-22-8-4-2-5-9-22)32-28(26)36-21-23-10-6-3-7-11-23/h2-13,18-19,25H,14-17,20-21H2,1H3. The summed E-state index contributed by atoms with van der Waals surface area (Å²) in [4.78, 5) is 16.2. The first-order chi connectivity index (χ1) is 17.8. The van der Waals surface area contributed by atoms with E-state index in [9.17, 15) is 0 Å². The van der Waals surface area contributed by atoms with E-state index in [1.54, 1.807) is 7.11 Å². The largest absolute Gasteiger partial charge is 0.473 e. The molecule has 0 N–H and O–H groups in total. The van der Waals surface area contributed by atoms with Crippen molar-refractivity contribution in [2.45, 2.75) is 32.2 Å². The molecule has 2 aromatic heterocycles. The minimum atomic E-state index is 0.318. The van der Waals surface area contributed by atoms with E-state index in [2.05, 4.69) is 19.9 Å². The summed E-state index contributed by atoms with van der Waals surface area (Å²) in [6.45, 7) is 2.61. The Morgan fingerprint density at radius 1 is 0.778 bits per heavy atom. The van der Waals surface area contributed by atoms with Crippen LogP contribution in [0.1, 0.15) is 24.0 Å². The average molecular weight is 483 g/mol. The van der Waals surface area contributed by atoms with E-state index in [4.69, 9.17) is 14.2 Å². The highest BCUT2D eigenvalue weighted by atomic mass is 16.5. The molecule has 4 aromatic rings. The summed E-state index contributed by atoms with van der Waals surface area (Å²) in [5, 5.41) is 0. The van der Waals surface area contributed by atoms with Gasteiger partial charge in [-0.2, -0.15) is 4.98 Å². The second kappa shape index (κ2) is 11.6. The molecule has 3 heterocycles. The molecular formula is C29H30N4O3. The molecule has 2 aromatic carbocycles. The lowest BCUT2D eigenvalue weighted by Crippen LogP contribution is -2.37. The summed E-state index contributed by atoms with van der Waals surface area (Å²) < 4.78 is 17.6. The monoisotopic (exact) mass is 482 g/mol. The summed E-state index contributed by atoms with van der Waals surface area (Å²) in [6.07, 6.45) is 5.95. The van der Waals surface area contributed by atoms with Crippen LogP contribution in [-0.4, -0.2) is 41.3 Å². The number of anilines is 1. The number of nitrogens with zero attached hydrogens (tertiary/aromatic N) is 4. The van der Waals surface area contributed by atoms with Gasteiger partial charge in [0.15, 0.2) is 0 Å². The SMILES string of the molecule is COC1CCN(c2ncc(-c3ccc(OCc4ccccc4)nc3OCc3ccccc3)cn2)CC1. The third kappa shape index (κ3) is 5.98. The lowest BCUT2D eigenvalue weighted by atomic mass is 10.1. The quantitative estimate of drug-likeness (QED) is 0.320. The first kappa shape index (κ1) is 23.8. The highest BCUT2D eigenvalue weighted by Crippen LogP contribution is 2.31. The lowest BCUT2D eigenvalue weighted by molar-refractivity contribution is 0.0816. The van der Waals surface area contributed by atoms with Gasteiger partial charge in [0.2, 0.25) is 17.7 Å². The van der Waals surface area contributed by atoms with Crippen molar-refractivity contribution in [3.8, 4) is 22.9 Å². The Morgan fingerprint density at radius 2 is 1.39 bits per heavy atom. The number of rotatable bonds is 9. The van der Waals surface area contributed by atoms with Gasteiger partial charge in [0.1, 0.15) is 13.2 Å². The zero-order chi connectivity index (χ0) is 24.6. The summed E-state index contributed by atoms with van der Waals surface area (Å²) in [5.74, 6) is 1.72. The third-order valence-electron chi connectivity index (χ3n) is 6.29. The molecule has 7 heteroatoms. The van der Waals surface area contributed by atoms with Crippen LogP contribution in [0.2, 0.25) is 0 Å². The molecule has 0 atom stereocenters. The third-order valence-corrected chi connectivity index (χ3v) is 6.29. The Morgan fingerprint density at radius 3 is 2.00 bits per heavy atom. The topological polar surface area (TPSA) is 69.6 Å². The van der Waals surface area contributed by atoms with E-state index in [0.717, 1.165) is 54.1 Å². The number of hydrogen-bond acceptors (Lipinski definition) is 7. The average Bonchev–Trinajstić information content (AvgIpc) is 2.96. The van der Waals surface area contributed by atoms with Crippen LogP contribution in [0.15, 0.2) is 85.2 Å². The summed E-state index contributed by atoms with van der Waals surface area (Å²) >= 11 is 0. The van der Waals surface area contributed by atoms with E-state index >= 15 is 0 Å². The van der Waals surface area contributed by atoms with Crippen molar-refractivity contribution in [1.82, 2.24) is 15.0 Å². The van der Waals surface area contributed by atoms with Crippen molar-refractivity contribution in [2.75, 3.05) is 25.1 Å². The van der Waals surface area contributed by atoms with E-state index in [0.29, 0.717) is 31.1 Å². The van der Waals surface area contributed by atoms with Gasteiger partial charge in [0.25, 0.3) is 0 Å². The number of pyridine rings is 1. The van der Waals surface area contributed by atoms with Crippen LogP contribution in [0.5, 0.6) is 11.8 Å². The molecule has 1 aliphatic heterocycles. The Hall–Kier alpha value is -3.97. The molecule has 0 amide bonds. The van der Waals surface area contributed by atoms with Gasteiger partial charge in [-0.1, -0.05) is 60.7 Å². The van der Waals surface area contributed by atoms with Crippen LogP contribution >= 0.6 is 0 Å². The fourth-order valence-corrected chi connectivity index (χ4v) is 4.21. The van der Waals surface area contributed by atoms with Crippen LogP contribution in [0.3, 0.4) is 0 Å². The highest BCUT2D eigenvalue weighted by molar-refractivity contribution is 5.68.